The molecule has 3 heteroatoms. The van der Waals surface area contributed by atoms with Gasteiger partial charge in [-0.25, -0.2) is 0 Å². The molecular weight excluding hydrogens is 173 g/mol. The fourth-order valence-electron chi connectivity index (χ4n) is 1.89. The van der Waals surface area contributed by atoms with E-state index in [0.717, 1.165) is 6.54 Å². The van der Waals surface area contributed by atoms with Crippen molar-refractivity contribution in [2.24, 2.45) is 0 Å². The first-order valence-electron chi connectivity index (χ1n) is 5.12. The van der Waals surface area contributed by atoms with Crippen molar-refractivity contribution >= 4 is 7.62 Å². The Labute approximate surface area is 86.2 Å². The smallest absolute Gasteiger partial charge is 0.399 e. The normalized spacial score (nSPS) is 27.6. The average Bonchev–Trinajstić information content (AvgIpc) is 2.61. The maximum Gasteiger partial charge on any atom is 0.399 e. The number of hydrogen-bond acceptors (Lipinski definition) is 2. The van der Waals surface area contributed by atoms with Gasteiger partial charge < -0.3 is 9.47 Å². The number of hydrogen-bond donors (Lipinski definition) is 0. The second-order valence-electron chi connectivity index (χ2n) is 3.64. The first kappa shape index (κ1) is 9.75. The molecule has 1 aliphatic heterocycles. The molecule has 2 nitrogen and oxygen atoms in total. The molecule has 1 aromatic carbocycles. The predicted molar refractivity (Wildman–Crippen MR) is 57.9 cm³/mol. The van der Waals surface area contributed by atoms with Gasteiger partial charge in [-0.05, 0) is 19.0 Å². The van der Waals surface area contributed by atoms with E-state index in [4.69, 9.17) is 4.65 Å². The van der Waals surface area contributed by atoms with Crippen molar-refractivity contribution in [1.29, 1.82) is 0 Å². The first-order valence-corrected chi connectivity index (χ1v) is 5.12. The third-order valence-corrected chi connectivity index (χ3v) is 2.80. The van der Waals surface area contributed by atoms with E-state index in [1.165, 1.54) is 5.56 Å². The highest BCUT2D eigenvalue weighted by Gasteiger charge is 2.32. The molecule has 0 bridgehead atoms. The van der Waals surface area contributed by atoms with Crippen LogP contribution in [0.1, 0.15) is 25.5 Å². The van der Waals surface area contributed by atoms with Gasteiger partial charge in [-0.15, -0.1) is 0 Å². The van der Waals surface area contributed by atoms with Gasteiger partial charge in [0.1, 0.15) is 0 Å². The molecule has 0 amide bonds. The van der Waals surface area contributed by atoms with Crippen LogP contribution in [0.5, 0.6) is 0 Å². The molecule has 73 valence electrons. The van der Waals surface area contributed by atoms with E-state index >= 15 is 0 Å². The van der Waals surface area contributed by atoms with Crippen LogP contribution in [0.2, 0.25) is 0 Å². The SMILES string of the molecule is CCN1[B]O[C@@H](c2ccccc2)[C@@H]1C. The summed E-state index contributed by atoms with van der Waals surface area (Å²) in [7, 11) is 1.85. The number of likely N-dealkylation sites (N-methyl/N-ethyl adjacent to an activating group) is 1. The van der Waals surface area contributed by atoms with Gasteiger partial charge in [-0.3, -0.25) is 0 Å². The quantitative estimate of drug-likeness (QED) is 0.658. The molecule has 1 radical (unpaired) electrons. The van der Waals surface area contributed by atoms with Crippen LogP contribution in [-0.4, -0.2) is 25.0 Å². The van der Waals surface area contributed by atoms with Crippen molar-refractivity contribution in [2.45, 2.75) is 26.0 Å². The lowest BCUT2D eigenvalue weighted by Gasteiger charge is -2.21. The molecule has 0 N–H and O–H groups in total. The Morgan fingerprint density at radius 1 is 1.36 bits per heavy atom. The summed E-state index contributed by atoms with van der Waals surface area (Å²) in [5, 5.41) is 0. The van der Waals surface area contributed by atoms with Gasteiger partial charge in [-0.2, -0.15) is 0 Å². The number of benzene rings is 1. The van der Waals surface area contributed by atoms with E-state index < -0.39 is 0 Å². The summed E-state index contributed by atoms with van der Waals surface area (Å²) in [6.45, 7) is 5.35. The van der Waals surface area contributed by atoms with Crippen molar-refractivity contribution < 1.29 is 4.65 Å². The molecule has 0 unspecified atom stereocenters. The summed E-state index contributed by atoms with van der Waals surface area (Å²) in [6, 6.07) is 10.8. The summed E-state index contributed by atoms with van der Waals surface area (Å²) in [6.07, 6.45) is 0.191. The van der Waals surface area contributed by atoms with Crippen molar-refractivity contribution in [1.82, 2.24) is 4.81 Å². The van der Waals surface area contributed by atoms with Crippen molar-refractivity contribution in [3.05, 3.63) is 35.9 Å². The molecular formula is C11H15BNO. The minimum Gasteiger partial charge on any atom is -0.415 e. The molecule has 0 aromatic heterocycles. The Balaban J connectivity index is 2.14. The molecule has 14 heavy (non-hydrogen) atoms. The van der Waals surface area contributed by atoms with E-state index in [9.17, 15) is 0 Å². The van der Waals surface area contributed by atoms with Gasteiger partial charge in [-0.1, -0.05) is 37.3 Å². The van der Waals surface area contributed by atoms with Gasteiger partial charge in [0.2, 0.25) is 0 Å². The summed E-state index contributed by atoms with van der Waals surface area (Å²) >= 11 is 0. The lowest BCUT2D eigenvalue weighted by molar-refractivity contribution is 0.209. The van der Waals surface area contributed by atoms with E-state index in [1.807, 2.05) is 13.7 Å². The van der Waals surface area contributed by atoms with E-state index in [1.54, 1.807) is 0 Å². The van der Waals surface area contributed by atoms with Crippen LogP contribution in [0, 0.1) is 0 Å². The Morgan fingerprint density at radius 3 is 2.64 bits per heavy atom. The molecule has 1 heterocycles. The van der Waals surface area contributed by atoms with Gasteiger partial charge in [0.25, 0.3) is 0 Å². The summed E-state index contributed by atoms with van der Waals surface area (Å²) in [5.74, 6) is 0. The van der Waals surface area contributed by atoms with Crippen LogP contribution < -0.4 is 0 Å². The second-order valence-corrected chi connectivity index (χ2v) is 3.64. The minimum atomic E-state index is 0.191. The van der Waals surface area contributed by atoms with Crippen molar-refractivity contribution in [2.75, 3.05) is 6.54 Å². The topological polar surface area (TPSA) is 12.5 Å². The zero-order chi connectivity index (χ0) is 9.97. The monoisotopic (exact) mass is 188 g/mol. The van der Waals surface area contributed by atoms with Crippen molar-refractivity contribution in [3.63, 3.8) is 0 Å². The summed E-state index contributed by atoms with van der Waals surface area (Å²) in [5.41, 5.74) is 1.26. The fraction of sp³-hybridized carbons (Fsp3) is 0.455. The standard InChI is InChI=1S/C11H15BNO/c1-3-13-9(2)11(14-12-13)10-7-5-4-6-8-10/h4-9,11H,3H2,1-2H3/t9-,11+/m0/s1. The zero-order valence-corrected chi connectivity index (χ0v) is 8.68. The van der Waals surface area contributed by atoms with Crippen LogP contribution in [-0.2, 0) is 4.65 Å². The Morgan fingerprint density at radius 2 is 2.07 bits per heavy atom. The van der Waals surface area contributed by atoms with Gasteiger partial charge in [0, 0.05) is 6.04 Å². The first-order chi connectivity index (χ1) is 6.83. The van der Waals surface area contributed by atoms with E-state index in [-0.39, 0.29) is 6.10 Å². The van der Waals surface area contributed by atoms with Crippen LogP contribution >= 0.6 is 0 Å². The number of nitrogens with zero attached hydrogens (tertiary/aromatic N) is 1. The van der Waals surface area contributed by atoms with Crippen LogP contribution in [0.3, 0.4) is 0 Å². The summed E-state index contributed by atoms with van der Waals surface area (Å²) < 4.78 is 5.66. The lowest BCUT2D eigenvalue weighted by Crippen LogP contribution is -2.30. The van der Waals surface area contributed by atoms with E-state index in [0.29, 0.717) is 6.04 Å². The van der Waals surface area contributed by atoms with Crippen LogP contribution in [0.25, 0.3) is 0 Å². The average molecular weight is 188 g/mol. The minimum absolute atomic E-state index is 0.191. The molecule has 0 saturated carbocycles. The van der Waals surface area contributed by atoms with Gasteiger partial charge in [0.05, 0.1) is 6.10 Å². The maximum atomic E-state index is 5.66. The lowest BCUT2D eigenvalue weighted by atomic mass is 10.0. The Kier molecular flexibility index (Phi) is 2.89. The molecule has 1 aliphatic rings. The third kappa shape index (κ3) is 1.70. The van der Waals surface area contributed by atoms with Crippen LogP contribution in [0.4, 0.5) is 0 Å². The largest absolute Gasteiger partial charge is 0.415 e. The number of rotatable bonds is 2. The maximum absolute atomic E-state index is 5.66. The predicted octanol–water partition coefficient (Wildman–Crippen LogP) is 2.00. The molecule has 2 atom stereocenters. The summed E-state index contributed by atoms with van der Waals surface area (Å²) in [4.78, 5) is 2.22. The Hall–Kier alpha value is -0.795. The van der Waals surface area contributed by atoms with Gasteiger partial charge >= 0.3 is 7.62 Å². The van der Waals surface area contributed by atoms with E-state index in [2.05, 4.69) is 42.9 Å². The molecule has 2 rings (SSSR count). The highest BCUT2D eigenvalue weighted by molar-refractivity contribution is 6.24. The highest BCUT2D eigenvalue weighted by atomic mass is 16.5. The van der Waals surface area contributed by atoms with Crippen molar-refractivity contribution in [3.8, 4) is 0 Å². The fourth-order valence-corrected chi connectivity index (χ4v) is 1.89. The zero-order valence-electron chi connectivity index (χ0n) is 8.68. The molecule has 0 spiro atoms. The molecule has 1 fully saturated rings. The second kappa shape index (κ2) is 4.15. The Bertz CT molecular complexity index is 291. The van der Waals surface area contributed by atoms with Gasteiger partial charge in [0.15, 0.2) is 0 Å². The molecule has 1 aromatic rings. The third-order valence-electron chi connectivity index (χ3n) is 2.80. The molecule has 1 saturated heterocycles. The highest BCUT2D eigenvalue weighted by Crippen LogP contribution is 2.28. The van der Waals surface area contributed by atoms with Crippen LogP contribution in [0.15, 0.2) is 30.3 Å². The molecule has 0 aliphatic carbocycles.